The smallest absolute Gasteiger partial charge is 0.224 e. The number of ether oxygens (including phenoxy) is 3. The molecular weight excluding hydrogens is 368 g/mol. The van der Waals surface area contributed by atoms with Gasteiger partial charge in [0, 0.05) is 29.2 Å². The number of halogens is 1. The maximum atomic E-state index is 12.4. The number of hydrogen-bond donors (Lipinski definition) is 2. The van der Waals surface area contributed by atoms with Crippen molar-refractivity contribution in [2.45, 2.75) is 13.0 Å². The number of amides is 1. The van der Waals surface area contributed by atoms with E-state index in [2.05, 4.69) is 10.3 Å². The average Bonchev–Trinajstić information content (AvgIpc) is 3.08. The lowest BCUT2D eigenvalue weighted by Gasteiger charge is -2.14. The summed E-state index contributed by atoms with van der Waals surface area (Å²) in [7, 11) is 4.68. The second-order valence-electron chi connectivity index (χ2n) is 5.96. The predicted octanol–water partition coefficient (Wildman–Crippen LogP) is 3.71. The van der Waals surface area contributed by atoms with Gasteiger partial charge in [0.2, 0.25) is 11.7 Å². The standard InChI is InChI=1S/C20H21ClN2O4/c1-25-16-9-15-18(20(27-3)19(16)26-2)13(11-22-15)8-17(24)23-10-12-4-6-14(21)7-5-12/h4-7,9,11,22H,8,10H2,1-3H3,(H,23,24). The maximum Gasteiger partial charge on any atom is 0.224 e. The van der Waals surface area contributed by atoms with Gasteiger partial charge < -0.3 is 24.5 Å². The van der Waals surface area contributed by atoms with Gasteiger partial charge in [0.15, 0.2) is 11.5 Å². The zero-order valence-corrected chi connectivity index (χ0v) is 16.1. The molecule has 0 bridgehead atoms. The Balaban J connectivity index is 1.82. The van der Waals surface area contributed by atoms with E-state index in [-0.39, 0.29) is 12.3 Å². The molecule has 0 aliphatic carbocycles. The number of aromatic nitrogens is 1. The molecule has 1 amide bonds. The molecule has 1 heterocycles. The van der Waals surface area contributed by atoms with Gasteiger partial charge in [-0.15, -0.1) is 0 Å². The Morgan fingerprint density at radius 3 is 2.41 bits per heavy atom. The summed E-state index contributed by atoms with van der Waals surface area (Å²) in [5.74, 6) is 1.49. The van der Waals surface area contributed by atoms with E-state index in [4.69, 9.17) is 25.8 Å². The number of methoxy groups -OCH3 is 3. The van der Waals surface area contributed by atoms with Gasteiger partial charge in [-0.3, -0.25) is 4.79 Å². The fraction of sp³-hybridized carbons (Fsp3) is 0.250. The van der Waals surface area contributed by atoms with E-state index in [0.717, 1.165) is 22.0 Å². The van der Waals surface area contributed by atoms with Crippen LogP contribution in [0, 0.1) is 0 Å². The third-order valence-electron chi connectivity index (χ3n) is 4.31. The van der Waals surface area contributed by atoms with E-state index in [1.807, 2.05) is 18.2 Å². The first-order valence-corrected chi connectivity index (χ1v) is 8.75. The Morgan fingerprint density at radius 1 is 1.07 bits per heavy atom. The maximum absolute atomic E-state index is 12.4. The summed E-state index contributed by atoms with van der Waals surface area (Å²) < 4.78 is 16.3. The van der Waals surface area contributed by atoms with Crippen LogP contribution >= 0.6 is 11.6 Å². The molecule has 7 heteroatoms. The van der Waals surface area contributed by atoms with E-state index in [9.17, 15) is 4.79 Å². The zero-order chi connectivity index (χ0) is 19.4. The van der Waals surface area contributed by atoms with E-state index < -0.39 is 0 Å². The Morgan fingerprint density at radius 2 is 1.78 bits per heavy atom. The Labute approximate surface area is 162 Å². The van der Waals surface area contributed by atoms with E-state index >= 15 is 0 Å². The lowest BCUT2D eigenvalue weighted by Crippen LogP contribution is -2.24. The Hall–Kier alpha value is -2.86. The molecule has 0 radical (unpaired) electrons. The number of carbonyl (C=O) groups excluding carboxylic acids is 1. The number of nitrogens with one attached hydrogen (secondary N) is 2. The van der Waals surface area contributed by atoms with Gasteiger partial charge in [0.05, 0.1) is 33.3 Å². The van der Waals surface area contributed by atoms with Crippen LogP contribution in [0.3, 0.4) is 0 Å². The summed E-state index contributed by atoms with van der Waals surface area (Å²) in [5, 5.41) is 4.39. The van der Waals surface area contributed by atoms with Crippen molar-refractivity contribution in [1.82, 2.24) is 10.3 Å². The molecular formula is C20H21ClN2O4. The highest BCUT2D eigenvalue weighted by molar-refractivity contribution is 6.30. The van der Waals surface area contributed by atoms with Gasteiger partial charge in [-0.2, -0.15) is 0 Å². The number of benzene rings is 2. The SMILES string of the molecule is COc1cc2[nH]cc(CC(=O)NCc3ccc(Cl)cc3)c2c(OC)c1OC. The first kappa shape index (κ1) is 18.9. The molecule has 0 aliphatic heterocycles. The molecule has 0 spiro atoms. The third kappa shape index (κ3) is 3.95. The van der Waals surface area contributed by atoms with Crippen molar-refractivity contribution in [3.8, 4) is 17.2 Å². The quantitative estimate of drug-likeness (QED) is 0.647. The monoisotopic (exact) mass is 388 g/mol. The van der Waals surface area contributed by atoms with Crippen molar-refractivity contribution in [1.29, 1.82) is 0 Å². The van der Waals surface area contributed by atoms with Gasteiger partial charge in [-0.1, -0.05) is 23.7 Å². The minimum atomic E-state index is -0.0947. The number of hydrogen-bond acceptors (Lipinski definition) is 4. The van der Waals surface area contributed by atoms with Crippen LogP contribution in [-0.4, -0.2) is 32.2 Å². The normalized spacial score (nSPS) is 10.7. The number of aromatic amines is 1. The van der Waals surface area contributed by atoms with Crippen LogP contribution in [0.2, 0.25) is 5.02 Å². The molecule has 0 fully saturated rings. The summed E-state index contributed by atoms with van der Waals surface area (Å²) in [6, 6.07) is 9.19. The van der Waals surface area contributed by atoms with Gasteiger partial charge in [-0.25, -0.2) is 0 Å². The molecule has 2 aromatic carbocycles. The Kier molecular flexibility index (Phi) is 5.76. The van der Waals surface area contributed by atoms with Crippen LogP contribution in [0.5, 0.6) is 17.2 Å². The summed E-state index contributed by atoms with van der Waals surface area (Å²) in [5.41, 5.74) is 2.61. The first-order chi connectivity index (χ1) is 13.1. The number of fused-ring (bicyclic) bond motifs is 1. The van der Waals surface area contributed by atoms with Gasteiger partial charge in [-0.05, 0) is 23.3 Å². The van der Waals surface area contributed by atoms with Crippen LogP contribution in [0.1, 0.15) is 11.1 Å². The highest BCUT2D eigenvalue weighted by atomic mass is 35.5. The summed E-state index contributed by atoms with van der Waals surface area (Å²) in [6.45, 7) is 0.437. The van der Waals surface area contributed by atoms with E-state index in [1.165, 1.54) is 0 Å². The molecule has 0 saturated heterocycles. The molecule has 0 unspecified atom stereocenters. The topological polar surface area (TPSA) is 72.6 Å². The fourth-order valence-corrected chi connectivity index (χ4v) is 3.13. The molecule has 0 atom stereocenters. The van der Waals surface area contributed by atoms with Crippen molar-refractivity contribution in [2.75, 3.05) is 21.3 Å². The molecule has 3 rings (SSSR count). The van der Waals surface area contributed by atoms with Gasteiger partial charge in [0.1, 0.15) is 0 Å². The Bertz CT molecular complexity index is 951. The van der Waals surface area contributed by atoms with Crippen molar-refractivity contribution >= 4 is 28.4 Å². The zero-order valence-electron chi connectivity index (χ0n) is 15.4. The molecule has 27 heavy (non-hydrogen) atoms. The minimum Gasteiger partial charge on any atom is -0.493 e. The lowest BCUT2D eigenvalue weighted by molar-refractivity contribution is -0.120. The van der Waals surface area contributed by atoms with Crippen LogP contribution in [0.25, 0.3) is 10.9 Å². The van der Waals surface area contributed by atoms with Crippen molar-refractivity contribution in [3.63, 3.8) is 0 Å². The fourth-order valence-electron chi connectivity index (χ4n) is 3.00. The highest BCUT2D eigenvalue weighted by Crippen LogP contribution is 2.44. The summed E-state index contributed by atoms with van der Waals surface area (Å²) >= 11 is 5.88. The number of rotatable bonds is 7. The van der Waals surface area contributed by atoms with E-state index in [1.54, 1.807) is 39.7 Å². The highest BCUT2D eigenvalue weighted by Gasteiger charge is 2.20. The van der Waals surface area contributed by atoms with Crippen LogP contribution in [-0.2, 0) is 17.8 Å². The third-order valence-corrected chi connectivity index (χ3v) is 4.56. The molecule has 2 N–H and O–H groups in total. The van der Waals surface area contributed by atoms with Crippen molar-refractivity contribution < 1.29 is 19.0 Å². The summed E-state index contributed by atoms with van der Waals surface area (Å²) in [6.07, 6.45) is 2.01. The molecule has 0 aliphatic rings. The van der Waals surface area contributed by atoms with Crippen molar-refractivity contribution in [3.05, 3.63) is 52.7 Å². The van der Waals surface area contributed by atoms with Crippen LogP contribution in [0.4, 0.5) is 0 Å². The first-order valence-electron chi connectivity index (χ1n) is 8.37. The number of H-pyrrole nitrogens is 1. The second kappa shape index (κ2) is 8.22. The molecule has 142 valence electrons. The molecule has 0 saturated carbocycles. The van der Waals surface area contributed by atoms with Crippen LogP contribution in [0.15, 0.2) is 36.5 Å². The largest absolute Gasteiger partial charge is 0.493 e. The molecule has 6 nitrogen and oxygen atoms in total. The number of carbonyl (C=O) groups is 1. The van der Waals surface area contributed by atoms with Crippen LogP contribution < -0.4 is 19.5 Å². The predicted molar refractivity (Wildman–Crippen MR) is 105 cm³/mol. The molecule has 3 aromatic rings. The molecule has 1 aromatic heterocycles. The van der Waals surface area contributed by atoms with E-state index in [0.29, 0.717) is 28.8 Å². The van der Waals surface area contributed by atoms with Crippen molar-refractivity contribution in [2.24, 2.45) is 0 Å². The summed E-state index contributed by atoms with van der Waals surface area (Å²) in [4.78, 5) is 15.6. The van der Waals surface area contributed by atoms with Gasteiger partial charge in [0.25, 0.3) is 0 Å². The lowest BCUT2D eigenvalue weighted by atomic mass is 10.1. The average molecular weight is 389 g/mol. The minimum absolute atomic E-state index is 0.0947. The second-order valence-corrected chi connectivity index (χ2v) is 6.40. The van der Waals surface area contributed by atoms with Gasteiger partial charge >= 0.3 is 0 Å².